The van der Waals surface area contributed by atoms with Crippen LogP contribution in [-0.4, -0.2) is 21.0 Å². The molecule has 88 valence electrons. The van der Waals surface area contributed by atoms with Gasteiger partial charge in [-0.25, -0.2) is 14.8 Å². The second kappa shape index (κ2) is 4.78. The fourth-order valence-corrected chi connectivity index (χ4v) is 1.37. The molecule has 1 heterocycles. The molecule has 1 N–H and O–H groups in total. The van der Waals surface area contributed by atoms with E-state index >= 15 is 0 Å². The Bertz CT molecular complexity index is 399. The van der Waals surface area contributed by atoms with Crippen molar-refractivity contribution in [2.75, 3.05) is 0 Å². The largest absolute Gasteiger partial charge is 0.477 e. The summed E-state index contributed by atoms with van der Waals surface area (Å²) in [6, 6.07) is 1.25. The van der Waals surface area contributed by atoms with Gasteiger partial charge in [-0.1, -0.05) is 32.4 Å². The van der Waals surface area contributed by atoms with Gasteiger partial charge in [-0.15, -0.1) is 0 Å². The number of carboxylic acids is 1. The lowest BCUT2D eigenvalue weighted by Crippen LogP contribution is -2.10. The highest BCUT2D eigenvalue weighted by atomic mass is 35.5. The van der Waals surface area contributed by atoms with Gasteiger partial charge >= 0.3 is 5.97 Å². The lowest BCUT2D eigenvalue weighted by Gasteiger charge is -2.17. The second-order valence-corrected chi connectivity index (χ2v) is 5.25. The summed E-state index contributed by atoms with van der Waals surface area (Å²) in [4.78, 5) is 18.7. The Morgan fingerprint density at radius 1 is 1.44 bits per heavy atom. The van der Waals surface area contributed by atoms with Crippen LogP contribution < -0.4 is 0 Å². The SMILES string of the molecule is CC(C)(C)CCc1nc(Cl)cc(C(=O)O)n1. The van der Waals surface area contributed by atoms with Gasteiger partial charge in [0.2, 0.25) is 0 Å². The molecular weight excluding hydrogens is 228 g/mol. The van der Waals surface area contributed by atoms with Crippen molar-refractivity contribution >= 4 is 17.6 Å². The van der Waals surface area contributed by atoms with Gasteiger partial charge in [0, 0.05) is 12.5 Å². The first-order valence-corrected chi connectivity index (χ1v) is 5.42. The van der Waals surface area contributed by atoms with Crippen molar-refractivity contribution in [2.24, 2.45) is 5.41 Å². The third-order valence-corrected chi connectivity index (χ3v) is 2.25. The maximum absolute atomic E-state index is 10.8. The van der Waals surface area contributed by atoms with Gasteiger partial charge in [0.15, 0.2) is 5.69 Å². The highest BCUT2D eigenvalue weighted by molar-refractivity contribution is 6.29. The van der Waals surface area contributed by atoms with Crippen LogP contribution in [0.2, 0.25) is 5.15 Å². The molecule has 0 bridgehead atoms. The molecule has 1 aromatic heterocycles. The zero-order chi connectivity index (χ0) is 12.3. The van der Waals surface area contributed by atoms with Gasteiger partial charge in [0.25, 0.3) is 0 Å². The number of rotatable bonds is 3. The summed E-state index contributed by atoms with van der Waals surface area (Å²) < 4.78 is 0. The molecule has 0 aliphatic heterocycles. The summed E-state index contributed by atoms with van der Waals surface area (Å²) in [6.45, 7) is 6.32. The number of hydrogen-bond acceptors (Lipinski definition) is 3. The number of carbonyl (C=O) groups is 1. The molecule has 0 saturated carbocycles. The zero-order valence-corrected chi connectivity index (χ0v) is 10.4. The van der Waals surface area contributed by atoms with E-state index in [1.807, 2.05) is 0 Å². The Hall–Kier alpha value is -1.16. The minimum absolute atomic E-state index is 0.0519. The zero-order valence-electron chi connectivity index (χ0n) is 9.62. The van der Waals surface area contributed by atoms with E-state index in [4.69, 9.17) is 16.7 Å². The molecule has 16 heavy (non-hydrogen) atoms. The van der Waals surface area contributed by atoms with Crippen LogP contribution >= 0.6 is 11.6 Å². The molecule has 5 heteroatoms. The smallest absolute Gasteiger partial charge is 0.354 e. The quantitative estimate of drug-likeness (QED) is 0.828. The molecule has 0 aromatic carbocycles. The third kappa shape index (κ3) is 4.14. The fourth-order valence-electron chi connectivity index (χ4n) is 1.17. The molecule has 0 atom stereocenters. The van der Waals surface area contributed by atoms with E-state index in [9.17, 15) is 4.79 Å². The van der Waals surface area contributed by atoms with Crippen molar-refractivity contribution in [1.29, 1.82) is 0 Å². The first kappa shape index (κ1) is 12.9. The number of carboxylic acid groups (broad SMARTS) is 1. The van der Waals surface area contributed by atoms with Gasteiger partial charge in [-0.05, 0) is 11.8 Å². The standard InChI is InChI=1S/C11H15ClN2O2/c1-11(2,3)5-4-9-13-7(10(15)16)6-8(12)14-9/h6H,4-5H2,1-3H3,(H,15,16). The van der Waals surface area contributed by atoms with Crippen LogP contribution in [0.4, 0.5) is 0 Å². The Balaban J connectivity index is 2.85. The summed E-state index contributed by atoms with van der Waals surface area (Å²) in [7, 11) is 0. The van der Waals surface area contributed by atoms with Crippen molar-refractivity contribution in [2.45, 2.75) is 33.6 Å². The van der Waals surface area contributed by atoms with Crippen molar-refractivity contribution in [3.63, 3.8) is 0 Å². The first-order chi connectivity index (χ1) is 7.28. The number of hydrogen-bond donors (Lipinski definition) is 1. The molecule has 0 fully saturated rings. The molecule has 0 saturated heterocycles. The fraction of sp³-hybridized carbons (Fsp3) is 0.545. The van der Waals surface area contributed by atoms with E-state index in [0.29, 0.717) is 12.2 Å². The predicted molar refractivity (Wildman–Crippen MR) is 61.8 cm³/mol. The Kier molecular flexibility index (Phi) is 3.86. The minimum Gasteiger partial charge on any atom is -0.477 e. The van der Waals surface area contributed by atoms with Crippen LogP contribution in [0.3, 0.4) is 0 Å². The predicted octanol–water partition coefficient (Wildman–Crippen LogP) is 2.81. The molecule has 4 nitrogen and oxygen atoms in total. The first-order valence-electron chi connectivity index (χ1n) is 5.05. The average Bonchev–Trinajstić information content (AvgIpc) is 2.13. The van der Waals surface area contributed by atoms with Crippen molar-refractivity contribution < 1.29 is 9.90 Å². The molecule has 0 radical (unpaired) electrons. The van der Waals surface area contributed by atoms with Crippen LogP contribution in [0.1, 0.15) is 43.5 Å². The molecular formula is C11H15ClN2O2. The minimum atomic E-state index is -1.08. The van der Waals surface area contributed by atoms with Crippen LogP contribution in [0.15, 0.2) is 6.07 Å². The van der Waals surface area contributed by atoms with E-state index in [-0.39, 0.29) is 16.3 Å². The summed E-state index contributed by atoms with van der Waals surface area (Å²) in [6.07, 6.45) is 1.51. The maximum atomic E-state index is 10.8. The molecule has 0 unspecified atom stereocenters. The number of halogens is 1. The topological polar surface area (TPSA) is 63.1 Å². The van der Waals surface area contributed by atoms with Gasteiger partial charge in [-0.2, -0.15) is 0 Å². The van der Waals surface area contributed by atoms with Gasteiger partial charge in [0.1, 0.15) is 11.0 Å². The molecule has 1 rings (SSSR count). The van der Waals surface area contributed by atoms with Crippen LogP contribution in [0, 0.1) is 5.41 Å². The second-order valence-electron chi connectivity index (χ2n) is 4.86. The monoisotopic (exact) mass is 242 g/mol. The number of nitrogens with zero attached hydrogens (tertiary/aromatic N) is 2. The maximum Gasteiger partial charge on any atom is 0.354 e. The summed E-state index contributed by atoms with van der Waals surface area (Å²) in [5.74, 6) is -0.596. The van der Waals surface area contributed by atoms with Crippen molar-refractivity contribution in [3.8, 4) is 0 Å². The van der Waals surface area contributed by atoms with Crippen LogP contribution in [0.5, 0.6) is 0 Å². The van der Waals surface area contributed by atoms with Gasteiger partial charge in [-0.3, -0.25) is 0 Å². The summed E-state index contributed by atoms with van der Waals surface area (Å²) in [5, 5.41) is 8.99. The van der Waals surface area contributed by atoms with Crippen molar-refractivity contribution in [3.05, 3.63) is 22.7 Å². The highest BCUT2D eigenvalue weighted by Gasteiger charge is 2.14. The molecule has 0 spiro atoms. The average molecular weight is 243 g/mol. The Morgan fingerprint density at radius 3 is 2.56 bits per heavy atom. The van der Waals surface area contributed by atoms with E-state index in [1.165, 1.54) is 6.07 Å². The number of aromatic carboxylic acids is 1. The molecule has 0 aliphatic rings. The van der Waals surface area contributed by atoms with E-state index in [2.05, 4.69) is 30.7 Å². The highest BCUT2D eigenvalue weighted by Crippen LogP contribution is 2.20. The third-order valence-electron chi connectivity index (χ3n) is 2.06. The molecule has 0 aliphatic carbocycles. The van der Waals surface area contributed by atoms with Gasteiger partial charge in [0.05, 0.1) is 0 Å². The Morgan fingerprint density at radius 2 is 2.06 bits per heavy atom. The number of aryl methyl sites for hydroxylation is 1. The van der Waals surface area contributed by atoms with Crippen LogP contribution in [0.25, 0.3) is 0 Å². The Labute approximate surface area is 99.7 Å². The van der Waals surface area contributed by atoms with Crippen molar-refractivity contribution in [1.82, 2.24) is 9.97 Å². The lowest BCUT2D eigenvalue weighted by atomic mass is 9.90. The molecule has 0 amide bonds. The van der Waals surface area contributed by atoms with E-state index in [0.717, 1.165) is 6.42 Å². The summed E-state index contributed by atoms with van der Waals surface area (Å²) >= 11 is 5.73. The van der Waals surface area contributed by atoms with Crippen LogP contribution in [-0.2, 0) is 6.42 Å². The van der Waals surface area contributed by atoms with Gasteiger partial charge < -0.3 is 5.11 Å². The van der Waals surface area contributed by atoms with E-state index < -0.39 is 5.97 Å². The molecule has 1 aromatic rings. The summed E-state index contributed by atoms with van der Waals surface area (Å²) in [5.41, 5.74) is 0.110. The normalized spacial score (nSPS) is 11.5. The van der Waals surface area contributed by atoms with E-state index in [1.54, 1.807) is 0 Å². The number of aromatic nitrogens is 2. The lowest BCUT2D eigenvalue weighted by molar-refractivity contribution is 0.0690.